The summed E-state index contributed by atoms with van der Waals surface area (Å²) in [5.41, 5.74) is 5.76. The molecule has 1 aliphatic carbocycles. The Morgan fingerprint density at radius 2 is 2.00 bits per heavy atom. The number of nitrogens with one attached hydrogen (secondary N) is 1. The number of aryl methyl sites for hydroxylation is 3. The lowest BCUT2D eigenvalue weighted by molar-refractivity contribution is -0.115. The molecule has 4 rings (SSSR count). The SMILES string of the molecule is COc1ccc(-c2c(C)nn3c(NCC(F)(F)F)c4c(nc23)CCC4)c(C)c1. The highest BCUT2D eigenvalue weighted by molar-refractivity contribution is 5.83. The predicted molar refractivity (Wildman–Crippen MR) is 101 cm³/mol. The zero-order chi connectivity index (χ0) is 20.1. The molecule has 0 fully saturated rings. The molecule has 0 saturated carbocycles. The number of nitrogens with zero attached hydrogens (tertiary/aromatic N) is 3. The minimum Gasteiger partial charge on any atom is -0.497 e. The van der Waals surface area contributed by atoms with Crippen molar-refractivity contribution < 1.29 is 17.9 Å². The Kier molecular flexibility index (Phi) is 4.44. The van der Waals surface area contributed by atoms with Crippen LogP contribution in [0.2, 0.25) is 0 Å². The number of ether oxygens (including phenoxy) is 1. The van der Waals surface area contributed by atoms with E-state index in [0.29, 0.717) is 17.9 Å². The van der Waals surface area contributed by atoms with Gasteiger partial charge in [-0.1, -0.05) is 6.07 Å². The highest BCUT2D eigenvalue weighted by atomic mass is 19.4. The molecule has 1 aliphatic rings. The summed E-state index contributed by atoms with van der Waals surface area (Å²) < 4.78 is 45.3. The molecule has 5 nitrogen and oxygen atoms in total. The molecule has 0 bridgehead atoms. The summed E-state index contributed by atoms with van der Waals surface area (Å²) in [6.45, 7) is 2.72. The van der Waals surface area contributed by atoms with Gasteiger partial charge in [0, 0.05) is 16.8 Å². The summed E-state index contributed by atoms with van der Waals surface area (Å²) in [6.07, 6.45) is -1.96. The highest BCUT2D eigenvalue weighted by Gasteiger charge is 2.30. The summed E-state index contributed by atoms with van der Waals surface area (Å²) in [4.78, 5) is 4.79. The van der Waals surface area contributed by atoms with Crippen molar-refractivity contribution in [3.63, 3.8) is 0 Å². The van der Waals surface area contributed by atoms with Crippen LogP contribution in [0.3, 0.4) is 0 Å². The average Bonchev–Trinajstić information content (AvgIpc) is 3.21. The standard InChI is InChI=1S/C20H21F3N4O/c1-11-9-13(28-3)7-8-14(11)17-12(2)26-27-18(24-10-20(21,22)23)15-5-4-6-16(15)25-19(17)27/h7-9,24H,4-6,10H2,1-3H3. The summed E-state index contributed by atoms with van der Waals surface area (Å²) in [6, 6.07) is 5.73. The first-order valence-electron chi connectivity index (χ1n) is 9.15. The van der Waals surface area contributed by atoms with Crippen molar-refractivity contribution >= 4 is 11.5 Å². The Morgan fingerprint density at radius 3 is 2.68 bits per heavy atom. The Hall–Kier alpha value is -2.77. The van der Waals surface area contributed by atoms with Gasteiger partial charge < -0.3 is 10.1 Å². The van der Waals surface area contributed by atoms with Gasteiger partial charge in [0.25, 0.3) is 0 Å². The van der Waals surface area contributed by atoms with E-state index in [0.717, 1.165) is 52.2 Å². The first-order chi connectivity index (χ1) is 13.3. The monoisotopic (exact) mass is 390 g/mol. The largest absolute Gasteiger partial charge is 0.497 e. The molecule has 0 saturated heterocycles. The third-order valence-corrected chi connectivity index (χ3v) is 5.12. The molecule has 148 valence electrons. The number of hydrogen-bond donors (Lipinski definition) is 1. The minimum absolute atomic E-state index is 0.398. The molecule has 3 aromatic rings. The number of fused-ring (bicyclic) bond motifs is 2. The van der Waals surface area contributed by atoms with Crippen LogP contribution in [0.4, 0.5) is 19.0 Å². The van der Waals surface area contributed by atoms with Gasteiger partial charge >= 0.3 is 6.18 Å². The Bertz CT molecular complexity index is 1060. The number of hydrogen-bond acceptors (Lipinski definition) is 4. The molecule has 0 aliphatic heterocycles. The van der Waals surface area contributed by atoms with Crippen molar-refractivity contribution in [2.45, 2.75) is 39.3 Å². The number of benzene rings is 1. The van der Waals surface area contributed by atoms with Crippen LogP contribution in [0.5, 0.6) is 5.75 Å². The molecule has 0 radical (unpaired) electrons. The van der Waals surface area contributed by atoms with Gasteiger partial charge in [0.2, 0.25) is 0 Å². The number of anilines is 1. The van der Waals surface area contributed by atoms with Crippen molar-refractivity contribution in [2.24, 2.45) is 0 Å². The van der Waals surface area contributed by atoms with Crippen LogP contribution in [0, 0.1) is 13.8 Å². The molecule has 2 heterocycles. The van der Waals surface area contributed by atoms with Gasteiger partial charge in [0.1, 0.15) is 18.1 Å². The zero-order valence-electron chi connectivity index (χ0n) is 15.9. The summed E-state index contributed by atoms with van der Waals surface area (Å²) in [5, 5.41) is 7.11. The molecule has 1 aromatic carbocycles. The molecular formula is C20H21F3N4O. The van der Waals surface area contributed by atoms with Gasteiger partial charge in [-0.05, 0) is 56.4 Å². The van der Waals surface area contributed by atoms with Crippen molar-refractivity contribution in [3.8, 4) is 16.9 Å². The van der Waals surface area contributed by atoms with Crippen LogP contribution in [0.15, 0.2) is 18.2 Å². The quantitative estimate of drug-likeness (QED) is 0.713. The van der Waals surface area contributed by atoms with Crippen molar-refractivity contribution in [2.75, 3.05) is 19.0 Å². The Balaban J connectivity index is 1.92. The number of halogens is 3. The Morgan fingerprint density at radius 1 is 1.21 bits per heavy atom. The molecule has 0 amide bonds. The van der Waals surface area contributed by atoms with Gasteiger partial charge in [-0.25, -0.2) is 4.98 Å². The lowest BCUT2D eigenvalue weighted by Gasteiger charge is -2.15. The highest BCUT2D eigenvalue weighted by Crippen LogP contribution is 2.36. The Labute approximate surface area is 160 Å². The van der Waals surface area contributed by atoms with Gasteiger partial charge in [-0.3, -0.25) is 0 Å². The summed E-state index contributed by atoms with van der Waals surface area (Å²) in [5.74, 6) is 1.15. The minimum atomic E-state index is -4.31. The number of rotatable bonds is 4. The lowest BCUT2D eigenvalue weighted by atomic mass is 10.0. The molecular weight excluding hydrogens is 369 g/mol. The normalized spacial score (nSPS) is 13.8. The van der Waals surface area contributed by atoms with Crippen molar-refractivity contribution in [3.05, 3.63) is 40.7 Å². The van der Waals surface area contributed by atoms with Crippen LogP contribution in [-0.4, -0.2) is 34.4 Å². The summed E-state index contributed by atoms with van der Waals surface area (Å²) >= 11 is 0. The second-order valence-corrected chi connectivity index (χ2v) is 7.08. The number of methoxy groups -OCH3 is 1. The van der Waals surface area contributed by atoms with Crippen molar-refractivity contribution in [1.82, 2.24) is 14.6 Å². The maximum Gasteiger partial charge on any atom is 0.405 e. The van der Waals surface area contributed by atoms with E-state index in [-0.39, 0.29) is 0 Å². The van der Waals surface area contributed by atoms with E-state index in [2.05, 4.69) is 10.4 Å². The van der Waals surface area contributed by atoms with E-state index in [4.69, 9.17) is 9.72 Å². The van der Waals surface area contributed by atoms with Gasteiger partial charge in [0.05, 0.1) is 12.8 Å². The van der Waals surface area contributed by atoms with Gasteiger partial charge in [-0.15, -0.1) is 0 Å². The molecule has 0 atom stereocenters. The van der Waals surface area contributed by atoms with Gasteiger partial charge in [0.15, 0.2) is 5.65 Å². The maximum absolute atomic E-state index is 12.8. The van der Waals surface area contributed by atoms with Gasteiger partial charge in [-0.2, -0.15) is 22.8 Å². The van der Waals surface area contributed by atoms with Crippen LogP contribution < -0.4 is 10.1 Å². The molecule has 0 unspecified atom stereocenters. The fourth-order valence-corrected chi connectivity index (χ4v) is 3.86. The maximum atomic E-state index is 12.8. The molecule has 8 heteroatoms. The van der Waals surface area contributed by atoms with Crippen LogP contribution in [-0.2, 0) is 12.8 Å². The van der Waals surface area contributed by atoms with E-state index in [1.807, 2.05) is 32.0 Å². The first-order valence-corrected chi connectivity index (χ1v) is 9.15. The second kappa shape index (κ2) is 6.68. The van der Waals surface area contributed by atoms with E-state index < -0.39 is 12.7 Å². The smallest absolute Gasteiger partial charge is 0.405 e. The van der Waals surface area contributed by atoms with Crippen LogP contribution in [0.25, 0.3) is 16.8 Å². The topological polar surface area (TPSA) is 51.5 Å². The zero-order valence-corrected chi connectivity index (χ0v) is 15.9. The van der Waals surface area contributed by atoms with Crippen molar-refractivity contribution in [1.29, 1.82) is 0 Å². The third kappa shape index (κ3) is 3.16. The molecule has 0 spiro atoms. The fraction of sp³-hybridized carbons (Fsp3) is 0.400. The van der Waals surface area contributed by atoms with E-state index in [1.54, 1.807) is 7.11 Å². The molecule has 1 N–H and O–H groups in total. The van der Waals surface area contributed by atoms with Crippen LogP contribution in [0.1, 0.15) is 28.9 Å². The van der Waals surface area contributed by atoms with E-state index in [9.17, 15) is 13.2 Å². The first kappa shape index (κ1) is 18.6. The molecule has 28 heavy (non-hydrogen) atoms. The lowest BCUT2D eigenvalue weighted by Crippen LogP contribution is -2.23. The van der Waals surface area contributed by atoms with E-state index in [1.165, 1.54) is 4.52 Å². The predicted octanol–water partition coefficient (Wildman–Crippen LogP) is 4.48. The number of aromatic nitrogens is 3. The van der Waals surface area contributed by atoms with Crippen LogP contribution >= 0.6 is 0 Å². The summed E-state index contributed by atoms with van der Waals surface area (Å²) in [7, 11) is 1.61. The number of alkyl halides is 3. The van der Waals surface area contributed by atoms with E-state index >= 15 is 0 Å². The average molecular weight is 390 g/mol. The third-order valence-electron chi connectivity index (χ3n) is 5.12. The molecule has 2 aromatic heterocycles. The fourth-order valence-electron chi connectivity index (χ4n) is 3.86. The second-order valence-electron chi connectivity index (χ2n) is 7.08.